The molecule has 0 amide bonds. The predicted octanol–water partition coefficient (Wildman–Crippen LogP) is 25.8. The predicted molar refractivity (Wildman–Crippen MR) is 354 cm³/mol. The van der Waals surface area contributed by atoms with Crippen LogP contribution in [0.4, 0.5) is 0 Å². The molecule has 6 nitrogen and oxygen atoms in total. The van der Waals surface area contributed by atoms with Crippen LogP contribution in [0.3, 0.4) is 0 Å². The number of unbranched alkanes of at least 4 members (excludes halogenated alkanes) is 60. The van der Waals surface area contributed by atoms with E-state index in [1.54, 1.807) is 0 Å². The van der Waals surface area contributed by atoms with E-state index in [0.717, 1.165) is 57.8 Å². The molecule has 1 unspecified atom stereocenters. The third kappa shape index (κ3) is 69.1. The molecule has 0 rings (SSSR count). The van der Waals surface area contributed by atoms with E-state index in [9.17, 15) is 14.4 Å². The van der Waals surface area contributed by atoms with Gasteiger partial charge in [0.25, 0.3) is 0 Å². The highest BCUT2D eigenvalue weighted by Crippen LogP contribution is 2.20. The van der Waals surface area contributed by atoms with E-state index in [1.165, 1.54) is 347 Å². The summed E-state index contributed by atoms with van der Waals surface area (Å²) in [6.45, 7) is 6.74. The number of hydrogen-bond donors (Lipinski definition) is 0. The lowest BCUT2D eigenvalue weighted by Gasteiger charge is -2.18. The van der Waals surface area contributed by atoms with Crippen molar-refractivity contribution in [2.75, 3.05) is 13.2 Å². The summed E-state index contributed by atoms with van der Waals surface area (Å²) < 4.78 is 17.0. The zero-order valence-electron chi connectivity index (χ0n) is 55.6. The maximum absolute atomic E-state index is 12.9. The Labute approximate surface area is 508 Å². The Balaban J connectivity index is 4.03. The van der Waals surface area contributed by atoms with Crippen molar-refractivity contribution in [1.82, 2.24) is 0 Å². The first kappa shape index (κ1) is 79.4. The molecule has 0 saturated carbocycles. The second-order valence-electron chi connectivity index (χ2n) is 25.9. The van der Waals surface area contributed by atoms with E-state index in [1.807, 2.05) is 0 Å². The molecule has 0 saturated heterocycles. The van der Waals surface area contributed by atoms with Crippen LogP contribution in [-0.4, -0.2) is 37.2 Å². The molecule has 0 aliphatic heterocycles. The fraction of sp³-hybridized carbons (Fsp3) is 0.960. The van der Waals surface area contributed by atoms with E-state index < -0.39 is 6.10 Å². The van der Waals surface area contributed by atoms with Crippen LogP contribution in [0.25, 0.3) is 0 Å². The highest BCUT2D eigenvalue weighted by atomic mass is 16.6. The van der Waals surface area contributed by atoms with Crippen molar-refractivity contribution >= 4 is 17.9 Å². The Morgan fingerprint density at radius 3 is 0.494 bits per heavy atom. The maximum Gasteiger partial charge on any atom is 0.306 e. The van der Waals surface area contributed by atoms with Gasteiger partial charge in [0.05, 0.1) is 0 Å². The molecule has 0 spiro atoms. The molecule has 0 aromatic heterocycles. The van der Waals surface area contributed by atoms with Crippen LogP contribution in [0.1, 0.15) is 445 Å². The largest absolute Gasteiger partial charge is 0.462 e. The Morgan fingerprint density at radius 1 is 0.198 bits per heavy atom. The standard InChI is InChI=1S/C75H146O6/c1-4-7-10-13-16-19-22-25-28-29-30-31-32-33-34-35-36-37-38-39-40-41-42-43-44-45-46-48-50-53-56-59-62-65-68-74(77)80-71-72(70-79-73(76)67-64-61-58-55-52-49-27-24-21-18-15-12-9-6-3)81-75(78)69-66-63-60-57-54-51-47-26-23-20-17-14-11-8-5-2/h72H,4-71H2,1-3H3. The molecule has 0 N–H and O–H groups in total. The van der Waals surface area contributed by atoms with E-state index in [0.29, 0.717) is 19.3 Å². The molecule has 0 aliphatic carbocycles. The Morgan fingerprint density at radius 2 is 0.333 bits per heavy atom. The van der Waals surface area contributed by atoms with Crippen LogP contribution in [0.5, 0.6) is 0 Å². The van der Waals surface area contributed by atoms with E-state index >= 15 is 0 Å². The van der Waals surface area contributed by atoms with Crippen LogP contribution in [-0.2, 0) is 28.6 Å². The minimum atomic E-state index is -0.763. The second kappa shape index (κ2) is 70.9. The Bertz CT molecular complexity index is 1220. The molecule has 6 heteroatoms. The van der Waals surface area contributed by atoms with Gasteiger partial charge in [-0.2, -0.15) is 0 Å². The maximum atomic E-state index is 12.9. The van der Waals surface area contributed by atoms with Crippen molar-refractivity contribution in [3.05, 3.63) is 0 Å². The minimum Gasteiger partial charge on any atom is -0.462 e. The van der Waals surface area contributed by atoms with Gasteiger partial charge in [-0.1, -0.05) is 406 Å². The number of hydrogen-bond acceptors (Lipinski definition) is 6. The quantitative estimate of drug-likeness (QED) is 0.0343. The first-order valence-electron chi connectivity index (χ1n) is 37.5. The van der Waals surface area contributed by atoms with E-state index in [4.69, 9.17) is 14.2 Å². The van der Waals surface area contributed by atoms with Gasteiger partial charge in [-0.25, -0.2) is 0 Å². The normalized spacial score (nSPS) is 11.9. The third-order valence-corrected chi connectivity index (χ3v) is 17.6. The van der Waals surface area contributed by atoms with E-state index in [-0.39, 0.29) is 31.1 Å². The van der Waals surface area contributed by atoms with Crippen molar-refractivity contribution in [2.45, 2.75) is 451 Å². The third-order valence-electron chi connectivity index (χ3n) is 17.6. The van der Waals surface area contributed by atoms with E-state index in [2.05, 4.69) is 20.8 Å². The van der Waals surface area contributed by atoms with Crippen LogP contribution in [0.2, 0.25) is 0 Å². The number of esters is 3. The molecule has 0 heterocycles. The first-order chi connectivity index (χ1) is 40.0. The Hall–Kier alpha value is -1.59. The van der Waals surface area contributed by atoms with Gasteiger partial charge >= 0.3 is 17.9 Å². The number of carbonyl (C=O) groups is 3. The lowest BCUT2D eigenvalue weighted by Crippen LogP contribution is -2.30. The van der Waals surface area contributed by atoms with Crippen molar-refractivity contribution in [2.24, 2.45) is 0 Å². The number of carbonyl (C=O) groups excluding carboxylic acids is 3. The highest BCUT2D eigenvalue weighted by molar-refractivity contribution is 5.71. The summed E-state index contributed by atoms with van der Waals surface area (Å²) in [6, 6.07) is 0. The lowest BCUT2D eigenvalue weighted by atomic mass is 10.0. The number of ether oxygens (including phenoxy) is 3. The summed E-state index contributed by atoms with van der Waals surface area (Å²) >= 11 is 0. The molecular weight excluding hydrogens is 997 g/mol. The molecular formula is C75H146O6. The fourth-order valence-electron chi connectivity index (χ4n) is 12.0. The molecule has 0 bridgehead atoms. The summed E-state index contributed by atoms with van der Waals surface area (Å²) in [7, 11) is 0. The van der Waals surface area contributed by atoms with Crippen LogP contribution in [0.15, 0.2) is 0 Å². The highest BCUT2D eigenvalue weighted by Gasteiger charge is 2.20. The first-order valence-corrected chi connectivity index (χ1v) is 37.5. The molecule has 0 aromatic rings. The van der Waals surface area contributed by atoms with Crippen molar-refractivity contribution in [1.29, 1.82) is 0 Å². The topological polar surface area (TPSA) is 78.9 Å². The summed E-state index contributed by atoms with van der Waals surface area (Å²) in [4.78, 5) is 38.4. The average molecular weight is 1140 g/mol. The molecule has 0 aliphatic rings. The molecule has 1 atom stereocenters. The van der Waals surface area contributed by atoms with Crippen LogP contribution >= 0.6 is 0 Å². The SMILES string of the molecule is CCCCCCCCCCCCCCCCCCCCCCCCCCCCCCCCCCCCC(=O)OCC(COC(=O)CCCCCCCCCCCCCCCC)OC(=O)CCCCCCCCCCCCCCCCC. The molecule has 0 aromatic carbocycles. The lowest BCUT2D eigenvalue weighted by molar-refractivity contribution is -0.167. The smallest absolute Gasteiger partial charge is 0.306 e. The van der Waals surface area contributed by atoms with Gasteiger partial charge in [0.2, 0.25) is 0 Å². The molecule has 0 radical (unpaired) electrons. The zero-order valence-corrected chi connectivity index (χ0v) is 55.6. The monoisotopic (exact) mass is 1140 g/mol. The number of rotatable bonds is 71. The van der Waals surface area contributed by atoms with Crippen LogP contribution < -0.4 is 0 Å². The Kier molecular flexibility index (Phi) is 69.5. The van der Waals surface area contributed by atoms with Crippen LogP contribution in [0, 0.1) is 0 Å². The average Bonchev–Trinajstić information content (AvgIpc) is 3.47. The van der Waals surface area contributed by atoms with Gasteiger partial charge in [-0.05, 0) is 19.3 Å². The van der Waals surface area contributed by atoms with Gasteiger partial charge in [-0.15, -0.1) is 0 Å². The molecule has 482 valence electrons. The summed E-state index contributed by atoms with van der Waals surface area (Å²) in [5.41, 5.74) is 0. The van der Waals surface area contributed by atoms with Gasteiger partial charge in [0.15, 0.2) is 6.10 Å². The van der Waals surface area contributed by atoms with Crippen molar-refractivity contribution in [3.63, 3.8) is 0 Å². The van der Waals surface area contributed by atoms with Crippen molar-refractivity contribution < 1.29 is 28.6 Å². The second-order valence-corrected chi connectivity index (χ2v) is 25.9. The summed E-state index contributed by atoms with van der Waals surface area (Å²) in [5, 5.41) is 0. The van der Waals surface area contributed by atoms with Gasteiger partial charge in [0.1, 0.15) is 13.2 Å². The molecule has 81 heavy (non-hydrogen) atoms. The summed E-state index contributed by atoms with van der Waals surface area (Å²) in [6.07, 6.45) is 84.5. The minimum absolute atomic E-state index is 0.0603. The summed E-state index contributed by atoms with van der Waals surface area (Å²) in [5.74, 6) is -0.821. The van der Waals surface area contributed by atoms with Crippen molar-refractivity contribution in [3.8, 4) is 0 Å². The van der Waals surface area contributed by atoms with Gasteiger partial charge < -0.3 is 14.2 Å². The van der Waals surface area contributed by atoms with Gasteiger partial charge in [-0.3, -0.25) is 14.4 Å². The molecule has 0 fully saturated rings. The zero-order chi connectivity index (χ0) is 58.5. The fourth-order valence-corrected chi connectivity index (χ4v) is 12.0. The van der Waals surface area contributed by atoms with Gasteiger partial charge in [0, 0.05) is 19.3 Å².